The molecule has 0 amide bonds. The lowest BCUT2D eigenvalue weighted by molar-refractivity contribution is -0.384. The Hall–Kier alpha value is -1.71. The van der Waals surface area contributed by atoms with Gasteiger partial charge in [-0.1, -0.05) is 6.92 Å². The summed E-state index contributed by atoms with van der Waals surface area (Å²) in [6, 6.07) is 3.66. The molecule has 0 atom stereocenters. The number of benzene rings is 1. The summed E-state index contributed by atoms with van der Waals surface area (Å²) in [5, 5.41) is 15.1. The van der Waals surface area contributed by atoms with E-state index in [-0.39, 0.29) is 16.3 Å². The van der Waals surface area contributed by atoms with Crippen LogP contribution >= 0.6 is 0 Å². The SMILES string of the molecule is CCCNc1cc(S(=O)(=O)NN(C)C)ccc1[N+](=O)[O-]. The van der Waals surface area contributed by atoms with Crippen molar-refractivity contribution < 1.29 is 13.3 Å². The molecule has 0 aliphatic carbocycles. The average Bonchev–Trinajstić information content (AvgIpc) is 2.34. The van der Waals surface area contributed by atoms with Crippen molar-refractivity contribution in [3.05, 3.63) is 28.3 Å². The van der Waals surface area contributed by atoms with Gasteiger partial charge in [0.2, 0.25) is 0 Å². The third-order valence-corrected chi connectivity index (χ3v) is 3.82. The zero-order valence-electron chi connectivity index (χ0n) is 11.6. The molecule has 0 aliphatic heterocycles. The van der Waals surface area contributed by atoms with Gasteiger partial charge in [0.15, 0.2) is 0 Å². The monoisotopic (exact) mass is 302 g/mol. The molecular weight excluding hydrogens is 284 g/mol. The first-order chi connectivity index (χ1) is 9.27. The minimum absolute atomic E-state index is 0.0320. The van der Waals surface area contributed by atoms with Gasteiger partial charge in [-0.05, 0) is 18.6 Å². The topological polar surface area (TPSA) is 105 Å². The lowest BCUT2D eigenvalue weighted by Crippen LogP contribution is -2.36. The van der Waals surface area contributed by atoms with Crippen LogP contribution in [0.5, 0.6) is 0 Å². The molecule has 0 saturated heterocycles. The summed E-state index contributed by atoms with van der Waals surface area (Å²) < 4.78 is 24.0. The Kier molecular flexibility index (Phi) is 5.43. The number of nitro benzene ring substituents is 1. The Balaban J connectivity index is 3.21. The number of nitrogens with one attached hydrogen (secondary N) is 2. The molecule has 0 aliphatic rings. The molecule has 0 aromatic heterocycles. The summed E-state index contributed by atoms with van der Waals surface area (Å²) in [4.78, 5) is 12.6. The normalized spacial score (nSPS) is 11.6. The maximum absolute atomic E-state index is 12.0. The van der Waals surface area contributed by atoms with Gasteiger partial charge >= 0.3 is 0 Å². The van der Waals surface area contributed by atoms with Crippen molar-refractivity contribution in [2.75, 3.05) is 26.0 Å². The Bertz CT molecular complexity index is 586. The second-order valence-electron chi connectivity index (χ2n) is 4.35. The van der Waals surface area contributed by atoms with Crippen molar-refractivity contribution in [3.8, 4) is 0 Å². The third kappa shape index (κ3) is 4.15. The second-order valence-corrected chi connectivity index (χ2v) is 6.01. The molecule has 112 valence electrons. The van der Waals surface area contributed by atoms with Crippen molar-refractivity contribution in [2.45, 2.75) is 18.2 Å². The van der Waals surface area contributed by atoms with Gasteiger partial charge < -0.3 is 5.32 Å². The first kappa shape index (κ1) is 16.3. The molecule has 20 heavy (non-hydrogen) atoms. The van der Waals surface area contributed by atoms with Gasteiger partial charge in [-0.25, -0.2) is 13.4 Å². The van der Waals surface area contributed by atoms with Crippen LogP contribution in [0, 0.1) is 10.1 Å². The fraction of sp³-hybridized carbons (Fsp3) is 0.455. The highest BCUT2D eigenvalue weighted by Gasteiger charge is 2.20. The molecule has 0 bridgehead atoms. The van der Waals surface area contributed by atoms with E-state index in [9.17, 15) is 18.5 Å². The molecule has 1 rings (SSSR count). The number of nitro groups is 1. The minimum Gasteiger partial charge on any atom is -0.379 e. The fourth-order valence-corrected chi connectivity index (χ4v) is 2.64. The van der Waals surface area contributed by atoms with Crippen LogP contribution in [0.2, 0.25) is 0 Å². The van der Waals surface area contributed by atoms with E-state index in [2.05, 4.69) is 10.1 Å². The summed E-state index contributed by atoms with van der Waals surface area (Å²) in [6.45, 7) is 2.43. The molecule has 0 radical (unpaired) electrons. The highest BCUT2D eigenvalue weighted by Crippen LogP contribution is 2.27. The van der Waals surface area contributed by atoms with E-state index in [1.54, 1.807) is 14.1 Å². The third-order valence-electron chi connectivity index (χ3n) is 2.34. The van der Waals surface area contributed by atoms with Crippen LogP contribution in [-0.4, -0.2) is 39.0 Å². The van der Waals surface area contributed by atoms with E-state index in [1.807, 2.05) is 6.92 Å². The van der Waals surface area contributed by atoms with Gasteiger partial charge in [-0.15, -0.1) is 4.83 Å². The van der Waals surface area contributed by atoms with Gasteiger partial charge in [-0.3, -0.25) is 10.1 Å². The van der Waals surface area contributed by atoms with Crippen LogP contribution in [0.15, 0.2) is 23.1 Å². The molecule has 0 unspecified atom stereocenters. The minimum atomic E-state index is -3.74. The van der Waals surface area contributed by atoms with Gasteiger partial charge in [0.1, 0.15) is 5.69 Å². The fourth-order valence-electron chi connectivity index (χ4n) is 1.54. The maximum Gasteiger partial charge on any atom is 0.292 e. The summed E-state index contributed by atoms with van der Waals surface area (Å²) >= 11 is 0. The van der Waals surface area contributed by atoms with Crippen LogP contribution in [0.25, 0.3) is 0 Å². The molecule has 9 heteroatoms. The standard InChI is InChI=1S/C11H18N4O4S/c1-4-7-12-10-8-9(5-6-11(10)15(16)17)20(18,19)13-14(2)3/h5-6,8,12-13H,4,7H2,1-3H3. The van der Waals surface area contributed by atoms with E-state index in [4.69, 9.17) is 0 Å². The summed E-state index contributed by atoms with van der Waals surface area (Å²) in [7, 11) is -0.654. The summed E-state index contributed by atoms with van der Waals surface area (Å²) in [5.74, 6) is 0. The van der Waals surface area contributed by atoms with Crippen molar-refractivity contribution >= 4 is 21.4 Å². The molecule has 1 aromatic rings. The quantitative estimate of drug-likeness (QED) is 0.578. The molecular formula is C11H18N4O4S. The first-order valence-electron chi connectivity index (χ1n) is 6.00. The lowest BCUT2D eigenvalue weighted by Gasteiger charge is -2.13. The zero-order chi connectivity index (χ0) is 15.3. The van der Waals surface area contributed by atoms with Gasteiger partial charge in [0.25, 0.3) is 15.7 Å². The second kappa shape index (κ2) is 6.64. The van der Waals surface area contributed by atoms with Crippen molar-refractivity contribution in [1.29, 1.82) is 0 Å². The molecule has 8 nitrogen and oxygen atoms in total. The van der Waals surface area contributed by atoms with E-state index >= 15 is 0 Å². The maximum atomic E-state index is 12.0. The zero-order valence-corrected chi connectivity index (χ0v) is 12.4. The Morgan fingerprint density at radius 1 is 1.35 bits per heavy atom. The number of anilines is 1. The number of hydrogen-bond acceptors (Lipinski definition) is 6. The van der Waals surface area contributed by atoms with E-state index in [0.717, 1.165) is 6.42 Å². The number of rotatable bonds is 7. The molecule has 2 N–H and O–H groups in total. The predicted molar refractivity (Wildman–Crippen MR) is 75.9 cm³/mol. The van der Waals surface area contributed by atoms with Crippen molar-refractivity contribution in [3.63, 3.8) is 0 Å². The largest absolute Gasteiger partial charge is 0.379 e. The summed E-state index contributed by atoms with van der Waals surface area (Å²) in [5.41, 5.74) is 0.0423. The van der Waals surface area contributed by atoms with Crippen LogP contribution in [-0.2, 0) is 10.0 Å². The summed E-state index contributed by atoms with van der Waals surface area (Å²) in [6.07, 6.45) is 0.768. The predicted octanol–water partition coefficient (Wildman–Crippen LogP) is 1.17. The van der Waals surface area contributed by atoms with E-state index in [0.29, 0.717) is 6.54 Å². The van der Waals surface area contributed by atoms with Gasteiger partial charge in [0, 0.05) is 26.7 Å². The molecule has 0 fully saturated rings. The Morgan fingerprint density at radius 3 is 2.50 bits per heavy atom. The highest BCUT2D eigenvalue weighted by molar-refractivity contribution is 7.89. The van der Waals surface area contributed by atoms with Crippen LogP contribution < -0.4 is 10.1 Å². The Morgan fingerprint density at radius 2 is 2.00 bits per heavy atom. The number of nitrogens with zero attached hydrogens (tertiary/aromatic N) is 2. The number of sulfonamides is 1. The van der Waals surface area contributed by atoms with Crippen molar-refractivity contribution in [1.82, 2.24) is 9.84 Å². The van der Waals surface area contributed by atoms with Crippen LogP contribution in [0.1, 0.15) is 13.3 Å². The van der Waals surface area contributed by atoms with Crippen molar-refractivity contribution in [2.24, 2.45) is 0 Å². The average molecular weight is 302 g/mol. The van der Waals surface area contributed by atoms with Gasteiger partial charge in [-0.2, -0.15) is 0 Å². The molecule has 1 aromatic carbocycles. The van der Waals surface area contributed by atoms with E-state index < -0.39 is 14.9 Å². The number of hydrazine groups is 1. The lowest BCUT2D eigenvalue weighted by atomic mass is 10.2. The molecule has 0 spiro atoms. The first-order valence-corrected chi connectivity index (χ1v) is 7.48. The van der Waals surface area contributed by atoms with Crippen LogP contribution in [0.3, 0.4) is 0 Å². The smallest absolute Gasteiger partial charge is 0.292 e. The highest BCUT2D eigenvalue weighted by atomic mass is 32.2. The van der Waals surface area contributed by atoms with Gasteiger partial charge in [0.05, 0.1) is 9.82 Å². The number of hydrogen-bond donors (Lipinski definition) is 2. The Labute approximate surface area is 117 Å². The van der Waals surface area contributed by atoms with Crippen LogP contribution in [0.4, 0.5) is 11.4 Å². The molecule has 0 heterocycles. The molecule has 0 saturated carbocycles. The van der Waals surface area contributed by atoms with E-state index in [1.165, 1.54) is 23.2 Å².